The molecule has 0 spiro atoms. The van der Waals surface area contributed by atoms with E-state index in [4.69, 9.17) is 0 Å². The number of hydrogen-bond acceptors (Lipinski definition) is 5. The fourth-order valence-electron chi connectivity index (χ4n) is 3.00. The normalized spacial score (nSPS) is 16.6. The second kappa shape index (κ2) is 8.49. The Morgan fingerprint density at radius 2 is 2.08 bits per heavy atom. The Balaban J connectivity index is 1.60. The molecule has 1 saturated heterocycles. The van der Waals surface area contributed by atoms with E-state index in [9.17, 15) is 4.79 Å². The summed E-state index contributed by atoms with van der Waals surface area (Å²) in [5.74, 6) is 0.873. The minimum atomic E-state index is -0.181. The number of hydrogen-bond donors (Lipinski definition) is 2. The SMILES string of the molecule is CCSc1ccc(C(C)NC(=O)c2cn(C3CCNCC3)nn2)cc1. The van der Waals surface area contributed by atoms with Gasteiger partial charge in [-0.2, -0.15) is 0 Å². The number of amides is 1. The van der Waals surface area contributed by atoms with E-state index < -0.39 is 0 Å². The van der Waals surface area contributed by atoms with E-state index in [1.807, 2.05) is 23.4 Å². The fourth-order valence-corrected chi connectivity index (χ4v) is 3.67. The molecule has 6 nitrogen and oxygen atoms in total. The second-order valence-corrected chi connectivity index (χ2v) is 7.60. The molecule has 1 aliphatic rings. The molecule has 2 aromatic rings. The molecule has 1 aromatic heterocycles. The van der Waals surface area contributed by atoms with Gasteiger partial charge >= 0.3 is 0 Å². The van der Waals surface area contributed by atoms with E-state index in [2.05, 4.69) is 52.1 Å². The first-order valence-electron chi connectivity index (χ1n) is 8.83. The summed E-state index contributed by atoms with van der Waals surface area (Å²) in [5, 5.41) is 14.5. The maximum Gasteiger partial charge on any atom is 0.273 e. The molecule has 1 fully saturated rings. The fraction of sp³-hybridized carbons (Fsp3) is 0.500. The van der Waals surface area contributed by atoms with Crippen molar-refractivity contribution >= 4 is 17.7 Å². The summed E-state index contributed by atoms with van der Waals surface area (Å²) in [7, 11) is 0. The summed E-state index contributed by atoms with van der Waals surface area (Å²) in [6, 6.07) is 8.58. The molecule has 134 valence electrons. The predicted molar refractivity (Wildman–Crippen MR) is 99.9 cm³/mol. The van der Waals surface area contributed by atoms with Gasteiger partial charge in [-0.15, -0.1) is 16.9 Å². The standard InChI is InChI=1S/C18H25N5OS/c1-3-25-16-6-4-14(5-7-16)13(2)20-18(24)17-12-23(22-21-17)15-8-10-19-11-9-15/h4-7,12-13,15,19H,3,8-11H2,1-2H3,(H,20,24). The summed E-state index contributed by atoms with van der Waals surface area (Å²) in [6.07, 6.45) is 3.80. The van der Waals surface area contributed by atoms with Gasteiger partial charge in [-0.05, 0) is 56.3 Å². The summed E-state index contributed by atoms with van der Waals surface area (Å²) in [5.41, 5.74) is 1.46. The topological polar surface area (TPSA) is 71.8 Å². The van der Waals surface area contributed by atoms with Gasteiger partial charge in [0.2, 0.25) is 0 Å². The number of carbonyl (C=O) groups is 1. The van der Waals surface area contributed by atoms with Crippen molar-refractivity contribution in [2.75, 3.05) is 18.8 Å². The van der Waals surface area contributed by atoms with Crippen molar-refractivity contribution in [1.29, 1.82) is 0 Å². The number of piperidine rings is 1. The highest BCUT2D eigenvalue weighted by Crippen LogP contribution is 2.21. The maximum atomic E-state index is 12.5. The summed E-state index contributed by atoms with van der Waals surface area (Å²) in [6.45, 7) is 6.08. The zero-order valence-electron chi connectivity index (χ0n) is 14.7. The third kappa shape index (κ3) is 4.61. The van der Waals surface area contributed by atoms with Crippen LogP contribution in [0.1, 0.15) is 54.8 Å². The van der Waals surface area contributed by atoms with Crippen LogP contribution in [0, 0.1) is 0 Å². The van der Waals surface area contributed by atoms with Crippen LogP contribution < -0.4 is 10.6 Å². The van der Waals surface area contributed by atoms with Gasteiger partial charge in [-0.25, -0.2) is 4.68 Å². The van der Waals surface area contributed by atoms with Crippen LogP contribution in [0.4, 0.5) is 0 Å². The van der Waals surface area contributed by atoms with Crippen molar-refractivity contribution in [1.82, 2.24) is 25.6 Å². The summed E-state index contributed by atoms with van der Waals surface area (Å²) in [4.78, 5) is 13.7. The van der Waals surface area contributed by atoms with Gasteiger partial charge < -0.3 is 10.6 Å². The molecule has 2 heterocycles. The van der Waals surface area contributed by atoms with E-state index >= 15 is 0 Å². The molecule has 0 aliphatic carbocycles. The number of nitrogens with one attached hydrogen (secondary N) is 2. The van der Waals surface area contributed by atoms with Gasteiger partial charge in [0.25, 0.3) is 5.91 Å². The Bertz CT molecular complexity index is 694. The maximum absolute atomic E-state index is 12.5. The Kier molecular flexibility index (Phi) is 6.09. The molecule has 0 radical (unpaired) electrons. The molecule has 1 aromatic carbocycles. The van der Waals surface area contributed by atoms with E-state index in [0.29, 0.717) is 11.7 Å². The summed E-state index contributed by atoms with van der Waals surface area (Å²) >= 11 is 1.81. The van der Waals surface area contributed by atoms with Crippen LogP contribution in [0.3, 0.4) is 0 Å². The monoisotopic (exact) mass is 359 g/mol. The lowest BCUT2D eigenvalue weighted by molar-refractivity contribution is 0.0934. The van der Waals surface area contributed by atoms with Crippen LogP contribution >= 0.6 is 11.8 Å². The molecule has 0 bridgehead atoms. The van der Waals surface area contributed by atoms with E-state index in [1.54, 1.807) is 6.20 Å². The summed E-state index contributed by atoms with van der Waals surface area (Å²) < 4.78 is 1.83. The highest BCUT2D eigenvalue weighted by Gasteiger charge is 2.19. The first-order chi connectivity index (χ1) is 12.2. The van der Waals surface area contributed by atoms with Crippen molar-refractivity contribution < 1.29 is 4.79 Å². The zero-order chi connectivity index (χ0) is 17.6. The van der Waals surface area contributed by atoms with Crippen molar-refractivity contribution in [3.63, 3.8) is 0 Å². The highest BCUT2D eigenvalue weighted by atomic mass is 32.2. The van der Waals surface area contributed by atoms with Crippen molar-refractivity contribution in [3.8, 4) is 0 Å². The third-order valence-corrected chi connectivity index (χ3v) is 5.36. The van der Waals surface area contributed by atoms with Crippen LogP contribution in [-0.4, -0.2) is 39.7 Å². The molecule has 0 saturated carbocycles. The molecule has 1 amide bonds. The van der Waals surface area contributed by atoms with Crippen LogP contribution in [0.5, 0.6) is 0 Å². The smallest absolute Gasteiger partial charge is 0.273 e. The molecular weight excluding hydrogens is 334 g/mol. The first kappa shape index (κ1) is 17.9. The van der Waals surface area contributed by atoms with Crippen molar-refractivity contribution in [3.05, 3.63) is 41.7 Å². The Morgan fingerprint density at radius 1 is 1.36 bits per heavy atom. The van der Waals surface area contributed by atoms with Gasteiger partial charge in [-0.1, -0.05) is 24.3 Å². The Morgan fingerprint density at radius 3 is 2.76 bits per heavy atom. The minimum absolute atomic E-state index is 0.0720. The lowest BCUT2D eigenvalue weighted by atomic mass is 10.1. The minimum Gasteiger partial charge on any atom is -0.344 e. The number of thioether (sulfide) groups is 1. The quantitative estimate of drug-likeness (QED) is 0.776. The lowest BCUT2D eigenvalue weighted by Crippen LogP contribution is -2.29. The van der Waals surface area contributed by atoms with Crippen molar-refractivity contribution in [2.24, 2.45) is 0 Å². The molecule has 7 heteroatoms. The van der Waals surface area contributed by atoms with E-state index in [0.717, 1.165) is 37.2 Å². The van der Waals surface area contributed by atoms with Gasteiger partial charge in [0, 0.05) is 4.90 Å². The molecule has 25 heavy (non-hydrogen) atoms. The Hall–Kier alpha value is -1.86. The van der Waals surface area contributed by atoms with Gasteiger partial charge in [0.1, 0.15) is 0 Å². The largest absolute Gasteiger partial charge is 0.344 e. The molecule has 3 rings (SSSR count). The number of carbonyl (C=O) groups excluding carboxylic acids is 1. The number of rotatable bonds is 6. The van der Waals surface area contributed by atoms with Gasteiger partial charge in [-0.3, -0.25) is 4.79 Å². The third-order valence-electron chi connectivity index (χ3n) is 4.46. The number of nitrogens with zero attached hydrogens (tertiary/aromatic N) is 3. The Labute approximate surface area is 152 Å². The van der Waals surface area contributed by atoms with Gasteiger partial charge in [0.05, 0.1) is 18.3 Å². The van der Waals surface area contributed by atoms with Crippen LogP contribution in [-0.2, 0) is 0 Å². The van der Waals surface area contributed by atoms with E-state index in [1.165, 1.54) is 4.90 Å². The highest BCUT2D eigenvalue weighted by molar-refractivity contribution is 7.99. The zero-order valence-corrected chi connectivity index (χ0v) is 15.6. The molecule has 1 unspecified atom stereocenters. The lowest BCUT2D eigenvalue weighted by Gasteiger charge is -2.22. The van der Waals surface area contributed by atoms with Crippen LogP contribution in [0.25, 0.3) is 0 Å². The molecular formula is C18H25N5OS. The first-order valence-corrected chi connectivity index (χ1v) is 9.82. The van der Waals surface area contributed by atoms with Gasteiger partial charge in [0.15, 0.2) is 5.69 Å². The number of aromatic nitrogens is 3. The van der Waals surface area contributed by atoms with Crippen LogP contribution in [0.2, 0.25) is 0 Å². The van der Waals surface area contributed by atoms with Crippen LogP contribution in [0.15, 0.2) is 35.4 Å². The second-order valence-electron chi connectivity index (χ2n) is 6.26. The van der Waals surface area contributed by atoms with E-state index in [-0.39, 0.29) is 11.9 Å². The molecule has 1 atom stereocenters. The number of benzene rings is 1. The predicted octanol–water partition coefficient (Wildman–Crippen LogP) is 2.81. The molecule has 1 aliphatic heterocycles. The molecule has 2 N–H and O–H groups in total. The van der Waals surface area contributed by atoms with Crippen molar-refractivity contribution in [2.45, 2.75) is 43.7 Å². The average molecular weight is 359 g/mol. The average Bonchev–Trinajstić information content (AvgIpc) is 3.13.